The maximum absolute atomic E-state index is 9.68. The standard InChI is InChI=1S/C47H50N10O3S/c1-27-32(23-48)9-8-10-35(27)28(2)51-47-37-21-45(57-13-15-60-16-14-57)50-25-39(37)41(55-56-47)18-31-11-12-36(33(17-31)24-49-5)34-19-44(61-26-34)29(3)52-46-38-20-42(58-6)43(59-7)22-40(38)53-30(4)54-46/h8-12,17,19-22,25-26,28-29,49H,13-16,18,24H2,1-7H3,(H,51,56)(H,52,53,54)/t28-,29-/m1/s1. The van der Waals surface area contributed by atoms with Crippen LogP contribution < -0.4 is 30.3 Å². The maximum atomic E-state index is 9.68. The van der Waals surface area contributed by atoms with E-state index >= 15 is 0 Å². The predicted octanol–water partition coefficient (Wildman–Crippen LogP) is 8.70. The Hall–Kier alpha value is -6.40. The van der Waals surface area contributed by atoms with Gasteiger partial charge in [-0.25, -0.2) is 15.0 Å². The van der Waals surface area contributed by atoms with Gasteiger partial charge in [0.15, 0.2) is 17.3 Å². The van der Waals surface area contributed by atoms with Gasteiger partial charge in [-0.3, -0.25) is 0 Å². The molecule has 3 aromatic carbocycles. The van der Waals surface area contributed by atoms with Crippen LogP contribution in [0.25, 0.3) is 32.8 Å². The molecule has 8 rings (SSSR count). The van der Waals surface area contributed by atoms with E-state index in [1.165, 1.54) is 16.0 Å². The fourth-order valence-electron chi connectivity index (χ4n) is 8.07. The summed E-state index contributed by atoms with van der Waals surface area (Å²) in [6.45, 7) is 11.7. The van der Waals surface area contributed by atoms with Crippen LogP contribution in [0.4, 0.5) is 17.5 Å². The number of nitrogens with zero attached hydrogens (tertiary/aromatic N) is 7. The SMILES string of the molecule is CNCc1cc(Cc2nnc(N[C@H](C)c3cccc(C#N)c3C)c3cc(N4CCOCC4)ncc23)ccc1-c1csc([C@@H](C)Nc2nc(C)nc3cc(OC)c(OC)cc23)c1. The van der Waals surface area contributed by atoms with E-state index < -0.39 is 0 Å². The third kappa shape index (κ3) is 8.63. The van der Waals surface area contributed by atoms with E-state index in [9.17, 15) is 5.26 Å². The molecule has 0 aliphatic carbocycles. The Morgan fingerprint density at radius 1 is 0.885 bits per heavy atom. The minimum Gasteiger partial charge on any atom is -0.493 e. The first-order valence-corrected chi connectivity index (χ1v) is 21.3. The fourth-order valence-corrected chi connectivity index (χ4v) is 8.98. The Balaban J connectivity index is 1.07. The second-order valence-corrected chi connectivity index (χ2v) is 16.3. The summed E-state index contributed by atoms with van der Waals surface area (Å²) in [5, 5.41) is 34.9. The van der Waals surface area contributed by atoms with Crippen molar-refractivity contribution in [2.24, 2.45) is 0 Å². The molecule has 0 unspecified atom stereocenters. The summed E-state index contributed by atoms with van der Waals surface area (Å²) in [5.74, 6) is 4.23. The summed E-state index contributed by atoms with van der Waals surface area (Å²) in [5.41, 5.74) is 8.94. The zero-order chi connectivity index (χ0) is 42.6. The lowest BCUT2D eigenvalue weighted by molar-refractivity contribution is 0.122. The van der Waals surface area contributed by atoms with Gasteiger partial charge in [0.1, 0.15) is 17.5 Å². The van der Waals surface area contributed by atoms with Crippen LogP contribution in [-0.2, 0) is 17.7 Å². The van der Waals surface area contributed by atoms with E-state index in [0.29, 0.717) is 54.9 Å². The van der Waals surface area contributed by atoms with Gasteiger partial charge in [0.05, 0.1) is 62.4 Å². The maximum Gasteiger partial charge on any atom is 0.162 e. The van der Waals surface area contributed by atoms with E-state index in [0.717, 1.165) is 74.3 Å². The number of fused-ring (bicyclic) bond motifs is 2. The molecule has 14 heteroatoms. The van der Waals surface area contributed by atoms with Gasteiger partial charge in [0.25, 0.3) is 0 Å². The Morgan fingerprint density at radius 2 is 1.67 bits per heavy atom. The van der Waals surface area contributed by atoms with Crippen LogP contribution in [0.15, 0.2) is 72.2 Å². The molecule has 0 bridgehead atoms. The highest BCUT2D eigenvalue weighted by molar-refractivity contribution is 7.10. The molecule has 1 aliphatic heterocycles. The minimum atomic E-state index is -0.116. The number of pyridine rings is 1. The number of ether oxygens (including phenoxy) is 3. The zero-order valence-corrected chi connectivity index (χ0v) is 36.4. The van der Waals surface area contributed by atoms with Crippen molar-refractivity contribution in [2.75, 3.05) is 63.1 Å². The van der Waals surface area contributed by atoms with Gasteiger partial charge in [-0.2, -0.15) is 10.4 Å². The van der Waals surface area contributed by atoms with Crippen LogP contribution in [0.1, 0.15) is 70.1 Å². The van der Waals surface area contributed by atoms with Gasteiger partial charge in [-0.15, -0.1) is 16.4 Å². The zero-order valence-electron chi connectivity index (χ0n) is 35.6. The quantitative estimate of drug-likeness (QED) is 0.0958. The molecule has 0 spiro atoms. The first-order chi connectivity index (χ1) is 29.7. The highest BCUT2D eigenvalue weighted by Gasteiger charge is 2.21. The number of rotatable bonds is 14. The molecule has 0 saturated carbocycles. The second-order valence-electron chi connectivity index (χ2n) is 15.3. The van der Waals surface area contributed by atoms with Crippen molar-refractivity contribution in [3.8, 4) is 28.7 Å². The lowest BCUT2D eigenvalue weighted by Crippen LogP contribution is -2.36. The van der Waals surface area contributed by atoms with Gasteiger partial charge in [0.2, 0.25) is 0 Å². The molecule has 61 heavy (non-hydrogen) atoms. The molecule has 312 valence electrons. The largest absolute Gasteiger partial charge is 0.493 e. The molecule has 1 aliphatic rings. The van der Waals surface area contributed by atoms with Crippen molar-refractivity contribution in [2.45, 2.75) is 52.7 Å². The fraction of sp³-hybridized carbons (Fsp3) is 0.319. The Morgan fingerprint density at radius 3 is 2.44 bits per heavy atom. The van der Waals surface area contributed by atoms with Crippen LogP contribution in [0.5, 0.6) is 11.5 Å². The number of morpholine rings is 1. The van der Waals surface area contributed by atoms with Crippen molar-refractivity contribution < 1.29 is 14.2 Å². The molecular weight excluding hydrogens is 785 g/mol. The number of aryl methyl sites for hydroxylation is 1. The van der Waals surface area contributed by atoms with Crippen molar-refractivity contribution in [3.05, 3.63) is 116 Å². The van der Waals surface area contributed by atoms with Crippen molar-refractivity contribution >= 4 is 50.5 Å². The van der Waals surface area contributed by atoms with E-state index in [4.69, 9.17) is 34.4 Å². The number of nitriles is 1. The van der Waals surface area contributed by atoms with Crippen molar-refractivity contribution in [1.29, 1.82) is 5.26 Å². The Bertz CT molecular complexity index is 2760. The number of methoxy groups -OCH3 is 2. The predicted molar refractivity (Wildman–Crippen MR) is 243 cm³/mol. The molecule has 1 fully saturated rings. The monoisotopic (exact) mass is 834 g/mol. The Kier molecular flexibility index (Phi) is 12.2. The van der Waals surface area contributed by atoms with E-state index in [1.54, 1.807) is 25.6 Å². The molecule has 7 aromatic rings. The first kappa shape index (κ1) is 41.3. The van der Waals surface area contributed by atoms with Gasteiger partial charge < -0.3 is 35.1 Å². The van der Waals surface area contributed by atoms with Gasteiger partial charge in [0, 0.05) is 59.4 Å². The molecule has 3 N–H and O–H groups in total. The van der Waals surface area contributed by atoms with Crippen molar-refractivity contribution in [1.82, 2.24) is 30.5 Å². The first-order valence-electron chi connectivity index (χ1n) is 20.4. The average molecular weight is 835 g/mol. The number of nitrogens with one attached hydrogen (secondary N) is 3. The molecule has 1 saturated heterocycles. The van der Waals surface area contributed by atoms with Gasteiger partial charge in [-0.05, 0) is 97.8 Å². The van der Waals surface area contributed by atoms with Crippen LogP contribution >= 0.6 is 11.3 Å². The lowest BCUT2D eigenvalue weighted by Gasteiger charge is -2.28. The number of anilines is 3. The molecule has 5 heterocycles. The average Bonchev–Trinajstić information content (AvgIpc) is 3.77. The third-order valence-corrected chi connectivity index (χ3v) is 12.4. The summed E-state index contributed by atoms with van der Waals surface area (Å²) in [6, 6.07) is 22.9. The molecule has 0 radical (unpaired) electrons. The number of hydrogen-bond acceptors (Lipinski definition) is 14. The smallest absolute Gasteiger partial charge is 0.162 e. The van der Waals surface area contributed by atoms with Gasteiger partial charge >= 0.3 is 0 Å². The molecule has 13 nitrogen and oxygen atoms in total. The second kappa shape index (κ2) is 18.1. The number of aromatic nitrogens is 5. The van der Waals surface area contributed by atoms with Gasteiger partial charge in [-0.1, -0.05) is 30.3 Å². The van der Waals surface area contributed by atoms with Crippen molar-refractivity contribution in [3.63, 3.8) is 0 Å². The molecular formula is C47H50N10O3S. The summed E-state index contributed by atoms with van der Waals surface area (Å²) in [4.78, 5) is 17.8. The number of thiophene rings is 1. The number of benzene rings is 3. The van der Waals surface area contributed by atoms with Crippen LogP contribution in [0.3, 0.4) is 0 Å². The normalized spacial score (nSPS) is 13.8. The van der Waals surface area contributed by atoms with Crippen LogP contribution in [0, 0.1) is 25.2 Å². The topological polar surface area (TPSA) is 155 Å². The lowest BCUT2D eigenvalue weighted by atomic mass is 9.96. The molecule has 4 aromatic heterocycles. The van der Waals surface area contributed by atoms with Crippen LogP contribution in [-0.4, -0.2) is 72.7 Å². The van der Waals surface area contributed by atoms with E-state index in [1.807, 2.05) is 51.4 Å². The summed E-state index contributed by atoms with van der Waals surface area (Å²) in [6.07, 6.45) is 2.52. The molecule has 2 atom stereocenters. The van der Waals surface area contributed by atoms with E-state index in [2.05, 4.69) is 87.5 Å². The van der Waals surface area contributed by atoms with E-state index in [-0.39, 0.29) is 12.1 Å². The third-order valence-electron chi connectivity index (χ3n) is 11.3. The summed E-state index contributed by atoms with van der Waals surface area (Å²) in [7, 11) is 5.23. The minimum absolute atomic E-state index is 0.0206. The molecule has 0 amide bonds. The Labute approximate surface area is 360 Å². The highest BCUT2D eigenvalue weighted by atomic mass is 32.1. The summed E-state index contributed by atoms with van der Waals surface area (Å²) >= 11 is 1.72. The highest BCUT2D eigenvalue weighted by Crippen LogP contribution is 2.38. The number of hydrogen-bond donors (Lipinski definition) is 3. The van der Waals surface area contributed by atoms with Crippen LogP contribution in [0.2, 0.25) is 0 Å². The summed E-state index contributed by atoms with van der Waals surface area (Å²) < 4.78 is 16.8.